The zero-order valence-corrected chi connectivity index (χ0v) is 11.5. The van der Waals surface area contributed by atoms with E-state index in [1.54, 1.807) is 0 Å². The normalized spacial score (nSPS) is 10.7. The molecular weight excluding hydrogens is 226 g/mol. The van der Waals surface area contributed by atoms with E-state index < -0.39 is 0 Å². The van der Waals surface area contributed by atoms with Crippen LogP contribution in [0.4, 0.5) is 0 Å². The second-order valence-corrected chi connectivity index (χ2v) is 4.68. The molecule has 1 rings (SSSR count). The SMILES string of the molecule is Cc1ccccc1CNCC(=O)NCCN(C)C. The molecule has 0 radical (unpaired) electrons. The first-order chi connectivity index (χ1) is 8.59. The summed E-state index contributed by atoms with van der Waals surface area (Å²) in [5.41, 5.74) is 2.48. The van der Waals surface area contributed by atoms with Crippen LogP contribution >= 0.6 is 0 Å². The Labute approximate surface area is 109 Å². The van der Waals surface area contributed by atoms with E-state index >= 15 is 0 Å². The zero-order chi connectivity index (χ0) is 13.4. The number of rotatable bonds is 7. The van der Waals surface area contributed by atoms with Gasteiger partial charge in [0.25, 0.3) is 0 Å². The van der Waals surface area contributed by atoms with Crippen LogP contribution in [0.25, 0.3) is 0 Å². The zero-order valence-electron chi connectivity index (χ0n) is 11.5. The van der Waals surface area contributed by atoms with Gasteiger partial charge in [-0.25, -0.2) is 0 Å². The third-order valence-electron chi connectivity index (χ3n) is 2.74. The third-order valence-corrected chi connectivity index (χ3v) is 2.74. The minimum Gasteiger partial charge on any atom is -0.354 e. The predicted octanol–water partition coefficient (Wildman–Crippen LogP) is 0.762. The summed E-state index contributed by atoms with van der Waals surface area (Å²) in [6.07, 6.45) is 0. The second kappa shape index (κ2) is 7.84. The molecule has 0 aliphatic heterocycles. The predicted molar refractivity (Wildman–Crippen MR) is 74.4 cm³/mol. The number of aryl methyl sites for hydroxylation is 1. The highest BCUT2D eigenvalue weighted by atomic mass is 16.1. The summed E-state index contributed by atoms with van der Waals surface area (Å²) in [5.74, 6) is 0.0467. The minimum absolute atomic E-state index is 0.0467. The molecule has 2 N–H and O–H groups in total. The molecule has 0 atom stereocenters. The van der Waals surface area contributed by atoms with Crippen molar-refractivity contribution in [3.8, 4) is 0 Å². The van der Waals surface area contributed by atoms with Crippen molar-refractivity contribution >= 4 is 5.91 Å². The number of nitrogens with one attached hydrogen (secondary N) is 2. The Morgan fingerprint density at radius 1 is 1.28 bits per heavy atom. The van der Waals surface area contributed by atoms with Crippen LogP contribution in [-0.2, 0) is 11.3 Å². The van der Waals surface area contributed by atoms with E-state index in [-0.39, 0.29) is 5.91 Å². The first-order valence-electron chi connectivity index (χ1n) is 6.26. The first kappa shape index (κ1) is 14.7. The van der Waals surface area contributed by atoms with Gasteiger partial charge in [0, 0.05) is 19.6 Å². The number of likely N-dealkylation sites (N-methyl/N-ethyl adjacent to an activating group) is 1. The fourth-order valence-electron chi connectivity index (χ4n) is 1.60. The standard InChI is InChI=1S/C14H23N3O/c1-12-6-4-5-7-13(12)10-15-11-14(18)16-8-9-17(2)3/h4-7,15H,8-11H2,1-3H3,(H,16,18). The number of hydrogen-bond donors (Lipinski definition) is 2. The Hall–Kier alpha value is -1.39. The molecule has 18 heavy (non-hydrogen) atoms. The average Bonchev–Trinajstić information content (AvgIpc) is 2.31. The fraction of sp³-hybridized carbons (Fsp3) is 0.500. The van der Waals surface area contributed by atoms with Gasteiger partial charge in [0.05, 0.1) is 6.54 Å². The summed E-state index contributed by atoms with van der Waals surface area (Å²) >= 11 is 0. The Morgan fingerprint density at radius 2 is 2.00 bits per heavy atom. The number of carbonyl (C=O) groups excluding carboxylic acids is 1. The van der Waals surface area contributed by atoms with Gasteiger partial charge in [-0.1, -0.05) is 24.3 Å². The lowest BCUT2D eigenvalue weighted by atomic mass is 10.1. The van der Waals surface area contributed by atoms with Crippen LogP contribution in [0.15, 0.2) is 24.3 Å². The lowest BCUT2D eigenvalue weighted by Gasteiger charge is -2.11. The van der Waals surface area contributed by atoms with E-state index in [2.05, 4.69) is 29.7 Å². The summed E-state index contributed by atoms with van der Waals surface area (Å²) in [6.45, 7) is 4.73. The molecule has 0 aliphatic rings. The lowest BCUT2D eigenvalue weighted by Crippen LogP contribution is -2.37. The van der Waals surface area contributed by atoms with E-state index in [1.807, 2.05) is 31.1 Å². The van der Waals surface area contributed by atoms with Crippen molar-refractivity contribution in [1.82, 2.24) is 15.5 Å². The van der Waals surface area contributed by atoms with Gasteiger partial charge in [-0.05, 0) is 32.1 Å². The molecule has 0 aromatic heterocycles. The summed E-state index contributed by atoms with van der Waals surface area (Å²) in [7, 11) is 3.98. The Kier molecular flexibility index (Phi) is 6.39. The van der Waals surface area contributed by atoms with E-state index in [4.69, 9.17) is 0 Å². The Bertz CT molecular complexity index is 377. The smallest absolute Gasteiger partial charge is 0.234 e. The van der Waals surface area contributed by atoms with Gasteiger partial charge in [0.2, 0.25) is 5.91 Å². The molecule has 0 bridgehead atoms. The van der Waals surface area contributed by atoms with E-state index in [1.165, 1.54) is 11.1 Å². The summed E-state index contributed by atoms with van der Waals surface area (Å²) in [6, 6.07) is 8.19. The topological polar surface area (TPSA) is 44.4 Å². The number of amides is 1. The maximum Gasteiger partial charge on any atom is 0.234 e. The van der Waals surface area contributed by atoms with E-state index in [0.29, 0.717) is 13.1 Å². The van der Waals surface area contributed by atoms with Crippen LogP contribution in [0.5, 0.6) is 0 Å². The van der Waals surface area contributed by atoms with Crippen LogP contribution in [0, 0.1) is 6.92 Å². The summed E-state index contributed by atoms with van der Waals surface area (Å²) < 4.78 is 0. The maximum absolute atomic E-state index is 11.5. The molecule has 0 unspecified atom stereocenters. The number of benzene rings is 1. The number of carbonyl (C=O) groups is 1. The van der Waals surface area contributed by atoms with Gasteiger partial charge in [0.1, 0.15) is 0 Å². The van der Waals surface area contributed by atoms with Gasteiger partial charge in [-0.2, -0.15) is 0 Å². The Morgan fingerprint density at radius 3 is 2.67 bits per heavy atom. The van der Waals surface area contributed by atoms with Crippen LogP contribution in [-0.4, -0.2) is 44.5 Å². The largest absolute Gasteiger partial charge is 0.354 e. The van der Waals surface area contributed by atoms with Crippen molar-refractivity contribution < 1.29 is 4.79 Å². The van der Waals surface area contributed by atoms with Crippen LogP contribution in [0.2, 0.25) is 0 Å². The highest BCUT2D eigenvalue weighted by Crippen LogP contribution is 2.05. The second-order valence-electron chi connectivity index (χ2n) is 4.68. The molecule has 1 aromatic rings. The van der Waals surface area contributed by atoms with Gasteiger partial charge in [-0.3, -0.25) is 4.79 Å². The summed E-state index contributed by atoms with van der Waals surface area (Å²) in [4.78, 5) is 13.6. The molecule has 0 saturated heterocycles. The molecule has 100 valence electrons. The van der Waals surface area contributed by atoms with Gasteiger partial charge < -0.3 is 15.5 Å². The van der Waals surface area contributed by atoms with Crippen molar-refractivity contribution in [3.05, 3.63) is 35.4 Å². The van der Waals surface area contributed by atoms with Crippen molar-refractivity contribution in [2.75, 3.05) is 33.7 Å². The van der Waals surface area contributed by atoms with Crippen LogP contribution in [0.1, 0.15) is 11.1 Å². The summed E-state index contributed by atoms with van der Waals surface area (Å²) in [5, 5.41) is 6.03. The van der Waals surface area contributed by atoms with Crippen molar-refractivity contribution in [3.63, 3.8) is 0 Å². The average molecular weight is 249 g/mol. The monoisotopic (exact) mass is 249 g/mol. The molecule has 1 aromatic carbocycles. The highest BCUT2D eigenvalue weighted by Gasteiger charge is 2.01. The van der Waals surface area contributed by atoms with Crippen molar-refractivity contribution in [1.29, 1.82) is 0 Å². The molecule has 0 aliphatic carbocycles. The maximum atomic E-state index is 11.5. The highest BCUT2D eigenvalue weighted by molar-refractivity contribution is 5.77. The quantitative estimate of drug-likeness (QED) is 0.750. The molecule has 1 amide bonds. The molecule has 0 saturated carbocycles. The Balaban J connectivity index is 2.18. The third kappa shape index (κ3) is 5.80. The van der Waals surface area contributed by atoms with E-state index in [0.717, 1.165) is 13.1 Å². The van der Waals surface area contributed by atoms with Crippen molar-refractivity contribution in [2.24, 2.45) is 0 Å². The van der Waals surface area contributed by atoms with Gasteiger partial charge in [0.15, 0.2) is 0 Å². The van der Waals surface area contributed by atoms with Crippen molar-refractivity contribution in [2.45, 2.75) is 13.5 Å². The fourth-order valence-corrected chi connectivity index (χ4v) is 1.60. The van der Waals surface area contributed by atoms with Crippen LogP contribution < -0.4 is 10.6 Å². The van der Waals surface area contributed by atoms with Gasteiger partial charge >= 0.3 is 0 Å². The molecule has 4 heteroatoms. The van der Waals surface area contributed by atoms with Gasteiger partial charge in [-0.15, -0.1) is 0 Å². The molecule has 0 heterocycles. The first-order valence-corrected chi connectivity index (χ1v) is 6.26. The lowest BCUT2D eigenvalue weighted by molar-refractivity contribution is -0.120. The van der Waals surface area contributed by atoms with E-state index in [9.17, 15) is 4.79 Å². The molecule has 4 nitrogen and oxygen atoms in total. The minimum atomic E-state index is 0.0467. The molecular formula is C14H23N3O. The molecule has 0 fully saturated rings. The molecule has 0 spiro atoms. The number of nitrogens with zero attached hydrogens (tertiary/aromatic N) is 1. The number of hydrogen-bond acceptors (Lipinski definition) is 3. The van der Waals surface area contributed by atoms with Crippen LogP contribution in [0.3, 0.4) is 0 Å².